The van der Waals surface area contributed by atoms with Gasteiger partial charge in [0, 0.05) is 17.3 Å². The lowest BCUT2D eigenvalue weighted by Gasteiger charge is -2.21. The molecule has 8 heteroatoms. The molecule has 1 aromatic heterocycles. The highest BCUT2D eigenvalue weighted by atomic mass is 35.5. The summed E-state index contributed by atoms with van der Waals surface area (Å²) < 4.78 is 28.2. The van der Waals surface area contributed by atoms with Crippen LogP contribution in [0.15, 0.2) is 70.9 Å². The largest absolute Gasteiger partial charge is 0.377 e. The Labute approximate surface area is 166 Å². The van der Waals surface area contributed by atoms with E-state index in [-0.39, 0.29) is 16.8 Å². The molecule has 0 aliphatic carbocycles. The summed E-state index contributed by atoms with van der Waals surface area (Å²) in [6.07, 6.45) is 0. The SMILES string of the molecule is O=S(=O)(NCC(Nc1ccc(Cl)cc1)c1ccccc1)c1ccc(Cl)s1. The molecule has 0 fully saturated rings. The molecule has 1 unspecified atom stereocenters. The van der Waals surface area contributed by atoms with Crippen molar-refractivity contribution in [1.82, 2.24) is 4.72 Å². The third-order valence-corrected chi connectivity index (χ3v) is 7.08. The molecule has 0 aliphatic rings. The quantitative estimate of drug-likeness (QED) is 0.546. The van der Waals surface area contributed by atoms with Gasteiger partial charge in [0.2, 0.25) is 10.0 Å². The number of hydrogen-bond acceptors (Lipinski definition) is 4. The van der Waals surface area contributed by atoms with Crippen molar-refractivity contribution < 1.29 is 8.42 Å². The lowest BCUT2D eigenvalue weighted by atomic mass is 10.1. The molecule has 2 aromatic carbocycles. The number of sulfonamides is 1. The van der Waals surface area contributed by atoms with E-state index in [0.29, 0.717) is 9.36 Å². The summed E-state index contributed by atoms with van der Waals surface area (Å²) >= 11 is 12.8. The minimum atomic E-state index is -3.62. The zero-order valence-corrected chi connectivity index (χ0v) is 16.7. The van der Waals surface area contributed by atoms with Gasteiger partial charge < -0.3 is 5.32 Å². The molecule has 3 aromatic rings. The van der Waals surface area contributed by atoms with Crippen LogP contribution in [0, 0.1) is 0 Å². The minimum absolute atomic E-state index is 0.185. The Morgan fingerprint density at radius 3 is 2.23 bits per heavy atom. The van der Waals surface area contributed by atoms with Crippen molar-refractivity contribution in [3.05, 3.63) is 81.7 Å². The van der Waals surface area contributed by atoms with Gasteiger partial charge in [0.25, 0.3) is 0 Å². The van der Waals surface area contributed by atoms with Crippen LogP contribution in [-0.4, -0.2) is 15.0 Å². The Morgan fingerprint density at radius 1 is 0.923 bits per heavy atom. The average molecular weight is 427 g/mol. The van der Waals surface area contributed by atoms with Crippen molar-refractivity contribution in [2.24, 2.45) is 0 Å². The number of benzene rings is 2. The van der Waals surface area contributed by atoms with Gasteiger partial charge in [-0.1, -0.05) is 53.5 Å². The fourth-order valence-corrected chi connectivity index (χ4v) is 5.09. The second-order valence-electron chi connectivity index (χ2n) is 5.52. The van der Waals surface area contributed by atoms with Crippen molar-refractivity contribution >= 4 is 50.2 Å². The highest BCUT2D eigenvalue weighted by Crippen LogP contribution is 2.26. The summed E-state index contributed by atoms with van der Waals surface area (Å²) in [7, 11) is -3.62. The van der Waals surface area contributed by atoms with E-state index in [1.165, 1.54) is 6.07 Å². The molecular formula is C18H16Cl2N2O2S2. The fraction of sp³-hybridized carbons (Fsp3) is 0.111. The molecule has 0 amide bonds. The van der Waals surface area contributed by atoms with E-state index in [2.05, 4.69) is 10.0 Å². The third-order valence-electron chi connectivity index (χ3n) is 3.68. The number of nitrogens with one attached hydrogen (secondary N) is 2. The Balaban J connectivity index is 1.78. The average Bonchev–Trinajstić information content (AvgIpc) is 3.08. The van der Waals surface area contributed by atoms with Crippen molar-refractivity contribution in [1.29, 1.82) is 0 Å². The molecule has 136 valence electrons. The van der Waals surface area contributed by atoms with Gasteiger partial charge in [0.15, 0.2) is 0 Å². The van der Waals surface area contributed by atoms with Gasteiger partial charge in [-0.05, 0) is 42.0 Å². The van der Waals surface area contributed by atoms with Crippen LogP contribution in [0.5, 0.6) is 0 Å². The van der Waals surface area contributed by atoms with Crippen molar-refractivity contribution in [2.75, 3.05) is 11.9 Å². The van der Waals surface area contributed by atoms with Gasteiger partial charge in [0.1, 0.15) is 4.21 Å². The molecule has 0 radical (unpaired) electrons. The summed E-state index contributed by atoms with van der Waals surface area (Å²) in [4.78, 5) is 0. The molecule has 3 rings (SSSR count). The summed E-state index contributed by atoms with van der Waals surface area (Å²) in [6.45, 7) is 0.185. The standard InChI is InChI=1S/C18H16Cl2N2O2S2/c19-14-6-8-15(9-7-14)22-16(13-4-2-1-3-5-13)12-21-26(23,24)18-11-10-17(20)25-18/h1-11,16,21-22H,12H2. The van der Waals surface area contributed by atoms with Gasteiger partial charge in [-0.3, -0.25) is 0 Å². The maximum Gasteiger partial charge on any atom is 0.250 e. The molecule has 1 atom stereocenters. The molecule has 26 heavy (non-hydrogen) atoms. The van der Waals surface area contributed by atoms with Crippen LogP contribution in [0.1, 0.15) is 11.6 Å². The Bertz CT molecular complexity index is 958. The van der Waals surface area contributed by atoms with Gasteiger partial charge in [-0.15, -0.1) is 11.3 Å². The third kappa shape index (κ3) is 4.99. The molecule has 0 spiro atoms. The van der Waals surface area contributed by atoms with Crippen LogP contribution in [0.4, 0.5) is 5.69 Å². The molecule has 0 bridgehead atoms. The van der Waals surface area contributed by atoms with Gasteiger partial charge in [-0.2, -0.15) is 0 Å². The van der Waals surface area contributed by atoms with E-state index >= 15 is 0 Å². The van der Waals surface area contributed by atoms with E-state index in [4.69, 9.17) is 23.2 Å². The highest BCUT2D eigenvalue weighted by Gasteiger charge is 2.20. The van der Waals surface area contributed by atoms with E-state index in [9.17, 15) is 8.42 Å². The minimum Gasteiger partial charge on any atom is -0.377 e. The highest BCUT2D eigenvalue weighted by molar-refractivity contribution is 7.91. The van der Waals surface area contributed by atoms with E-state index in [1.807, 2.05) is 42.5 Å². The number of thiophene rings is 1. The monoisotopic (exact) mass is 426 g/mol. The zero-order valence-electron chi connectivity index (χ0n) is 13.5. The second kappa shape index (κ2) is 8.41. The van der Waals surface area contributed by atoms with Crippen molar-refractivity contribution in [2.45, 2.75) is 10.3 Å². The predicted octanol–water partition coefficient (Wildman–Crippen LogP) is 5.19. The Hall–Kier alpha value is -1.57. The summed E-state index contributed by atoms with van der Waals surface area (Å²) in [6, 6.07) is 19.7. The first-order valence-corrected chi connectivity index (χ1v) is 10.8. The number of anilines is 1. The number of hydrogen-bond donors (Lipinski definition) is 2. The molecule has 0 saturated heterocycles. The lowest BCUT2D eigenvalue weighted by molar-refractivity contribution is 0.578. The maximum atomic E-state index is 12.5. The van der Waals surface area contributed by atoms with Crippen LogP contribution in [0.25, 0.3) is 0 Å². The summed E-state index contributed by atoms with van der Waals surface area (Å²) in [5.41, 5.74) is 1.82. The molecule has 0 aliphatic heterocycles. The molecule has 2 N–H and O–H groups in total. The van der Waals surface area contributed by atoms with Gasteiger partial charge in [0.05, 0.1) is 10.4 Å². The van der Waals surface area contributed by atoms with Crippen LogP contribution < -0.4 is 10.0 Å². The molecule has 0 saturated carbocycles. The second-order valence-corrected chi connectivity index (χ2v) is 9.67. The topological polar surface area (TPSA) is 58.2 Å². The summed E-state index contributed by atoms with van der Waals surface area (Å²) in [5.74, 6) is 0. The first-order chi connectivity index (χ1) is 12.4. The number of halogens is 2. The predicted molar refractivity (Wildman–Crippen MR) is 109 cm³/mol. The molecular weight excluding hydrogens is 411 g/mol. The fourth-order valence-electron chi connectivity index (χ4n) is 2.39. The first-order valence-electron chi connectivity index (χ1n) is 7.76. The lowest BCUT2D eigenvalue weighted by Crippen LogP contribution is -2.31. The van der Waals surface area contributed by atoms with Crippen molar-refractivity contribution in [3.63, 3.8) is 0 Å². The Kier molecular flexibility index (Phi) is 6.21. The van der Waals surface area contributed by atoms with Crippen LogP contribution in [-0.2, 0) is 10.0 Å². The maximum absolute atomic E-state index is 12.5. The molecule has 4 nitrogen and oxygen atoms in total. The van der Waals surface area contributed by atoms with Crippen LogP contribution in [0.2, 0.25) is 9.36 Å². The first kappa shape index (κ1) is 19.2. The zero-order chi connectivity index (χ0) is 18.6. The van der Waals surface area contributed by atoms with Crippen LogP contribution >= 0.6 is 34.5 Å². The number of rotatable bonds is 7. The molecule has 1 heterocycles. The van der Waals surface area contributed by atoms with Gasteiger partial charge >= 0.3 is 0 Å². The van der Waals surface area contributed by atoms with Crippen molar-refractivity contribution in [3.8, 4) is 0 Å². The Morgan fingerprint density at radius 2 is 1.62 bits per heavy atom. The normalized spacial score (nSPS) is 12.7. The van der Waals surface area contributed by atoms with E-state index in [1.54, 1.807) is 18.2 Å². The smallest absolute Gasteiger partial charge is 0.250 e. The van der Waals surface area contributed by atoms with E-state index in [0.717, 1.165) is 22.6 Å². The van der Waals surface area contributed by atoms with E-state index < -0.39 is 10.0 Å². The van der Waals surface area contributed by atoms with Crippen LogP contribution in [0.3, 0.4) is 0 Å². The van der Waals surface area contributed by atoms with Gasteiger partial charge in [-0.25, -0.2) is 13.1 Å². The summed E-state index contributed by atoms with van der Waals surface area (Å²) in [5, 5.41) is 3.98.